The summed E-state index contributed by atoms with van der Waals surface area (Å²) < 4.78 is 25.5. The van der Waals surface area contributed by atoms with Gasteiger partial charge in [-0.15, -0.1) is 0 Å². The molecule has 1 aliphatic heterocycles. The number of halogens is 2. The van der Waals surface area contributed by atoms with Crippen LogP contribution in [0.4, 0.5) is 4.39 Å². The summed E-state index contributed by atoms with van der Waals surface area (Å²) in [5.74, 6) is -0.978. The van der Waals surface area contributed by atoms with Gasteiger partial charge in [-0.2, -0.15) is 0 Å². The van der Waals surface area contributed by atoms with Crippen LogP contribution in [-0.2, 0) is 4.74 Å². The summed E-state index contributed by atoms with van der Waals surface area (Å²) in [5.41, 5.74) is 0.282. The number of nitrogens with zero attached hydrogens (tertiary/aromatic N) is 1. The van der Waals surface area contributed by atoms with Crippen molar-refractivity contribution in [2.24, 2.45) is 0 Å². The Balaban J connectivity index is 1.95. The molecule has 7 heteroatoms. The number of ether oxygens (including phenoxy) is 1. The first-order chi connectivity index (χ1) is 13.5. The van der Waals surface area contributed by atoms with E-state index < -0.39 is 17.8 Å². The molecule has 0 saturated heterocycles. The maximum absolute atomic E-state index is 14.6. The average molecular weight is 402 g/mol. The van der Waals surface area contributed by atoms with Gasteiger partial charge in [-0.05, 0) is 30.7 Å². The molecule has 1 aliphatic rings. The minimum atomic E-state index is -0.861. The summed E-state index contributed by atoms with van der Waals surface area (Å²) >= 11 is 6.03. The Morgan fingerprint density at radius 3 is 2.75 bits per heavy atom. The highest BCUT2D eigenvalue weighted by Crippen LogP contribution is 2.39. The van der Waals surface area contributed by atoms with Crippen LogP contribution in [-0.4, -0.2) is 31.1 Å². The second-order valence-electron chi connectivity index (χ2n) is 6.58. The molecule has 2 heterocycles. The number of carbonyl (C=O) groups excluding carboxylic acids is 1. The number of carbonyl (C=O) groups is 1. The second kappa shape index (κ2) is 7.37. The first-order valence-electron chi connectivity index (χ1n) is 8.83. The standard InChI is InChI=1S/C21H17ClFNO4/c1-27-10-4-9-24-18(13-5-2-3-6-15(13)23)17-19(25)14-11-12(22)7-8-16(14)28-20(17)21(24)26/h2-3,5-8,11,18H,4,9-10H2,1H3/t18-/m0/s1. The molecular weight excluding hydrogens is 385 g/mol. The maximum atomic E-state index is 14.6. The quantitative estimate of drug-likeness (QED) is 0.602. The lowest BCUT2D eigenvalue weighted by Crippen LogP contribution is -2.31. The van der Waals surface area contributed by atoms with Crippen molar-refractivity contribution in [3.05, 3.63) is 80.4 Å². The fourth-order valence-electron chi connectivity index (χ4n) is 3.62. The average Bonchev–Trinajstić information content (AvgIpc) is 2.96. The Kier molecular flexibility index (Phi) is 4.91. The highest BCUT2D eigenvalue weighted by atomic mass is 35.5. The Bertz CT molecular complexity index is 1130. The van der Waals surface area contributed by atoms with Gasteiger partial charge in [0.15, 0.2) is 5.43 Å². The van der Waals surface area contributed by atoms with Crippen molar-refractivity contribution in [1.29, 1.82) is 0 Å². The topological polar surface area (TPSA) is 59.8 Å². The monoisotopic (exact) mass is 401 g/mol. The van der Waals surface area contributed by atoms with Crippen molar-refractivity contribution in [2.45, 2.75) is 12.5 Å². The molecule has 28 heavy (non-hydrogen) atoms. The first-order valence-corrected chi connectivity index (χ1v) is 9.21. The van der Waals surface area contributed by atoms with Gasteiger partial charge in [0.05, 0.1) is 17.0 Å². The molecule has 5 nitrogen and oxygen atoms in total. The minimum absolute atomic E-state index is 0.0505. The third-order valence-electron chi connectivity index (χ3n) is 4.88. The molecule has 3 aromatic rings. The molecule has 1 aromatic heterocycles. The number of rotatable bonds is 5. The summed E-state index contributed by atoms with van der Waals surface area (Å²) in [6.07, 6.45) is 0.542. The molecule has 0 fully saturated rings. The predicted octanol–water partition coefficient (Wildman–Crippen LogP) is 4.17. The third kappa shape index (κ3) is 2.99. The third-order valence-corrected chi connectivity index (χ3v) is 5.11. The summed E-state index contributed by atoms with van der Waals surface area (Å²) in [5, 5.41) is 0.641. The van der Waals surface area contributed by atoms with Crippen molar-refractivity contribution >= 4 is 28.5 Å². The SMILES string of the molecule is COCCCN1C(=O)c2oc3ccc(Cl)cc3c(=O)c2[C@@H]1c1ccccc1F. The normalized spacial score (nSPS) is 16.0. The molecule has 0 radical (unpaired) electrons. The number of fused-ring (bicyclic) bond motifs is 2. The van der Waals surface area contributed by atoms with Crippen LogP contribution in [0, 0.1) is 5.82 Å². The van der Waals surface area contributed by atoms with E-state index in [0.29, 0.717) is 24.6 Å². The van der Waals surface area contributed by atoms with E-state index in [2.05, 4.69) is 0 Å². The van der Waals surface area contributed by atoms with Crippen LogP contribution in [0.5, 0.6) is 0 Å². The van der Waals surface area contributed by atoms with E-state index in [1.54, 1.807) is 37.4 Å². The van der Waals surface area contributed by atoms with E-state index >= 15 is 0 Å². The van der Waals surface area contributed by atoms with Gasteiger partial charge >= 0.3 is 0 Å². The summed E-state index contributed by atoms with van der Waals surface area (Å²) in [4.78, 5) is 27.8. The Hall–Kier alpha value is -2.70. The van der Waals surface area contributed by atoms with Crippen LogP contribution in [0.1, 0.15) is 34.1 Å². The molecule has 0 aliphatic carbocycles. The minimum Gasteiger partial charge on any atom is -0.450 e. The molecule has 144 valence electrons. The first kappa shape index (κ1) is 18.7. The molecule has 0 N–H and O–H groups in total. The summed E-state index contributed by atoms with van der Waals surface area (Å²) in [6, 6.07) is 9.90. The lowest BCUT2D eigenvalue weighted by Gasteiger charge is -2.25. The zero-order valence-corrected chi connectivity index (χ0v) is 15.8. The van der Waals surface area contributed by atoms with Crippen molar-refractivity contribution in [3.8, 4) is 0 Å². The molecule has 2 aromatic carbocycles. The Morgan fingerprint density at radius 1 is 1.21 bits per heavy atom. The van der Waals surface area contributed by atoms with Crippen LogP contribution in [0.15, 0.2) is 51.7 Å². The second-order valence-corrected chi connectivity index (χ2v) is 7.02. The van der Waals surface area contributed by atoms with Gasteiger partial charge in [0.2, 0.25) is 5.76 Å². The predicted molar refractivity (Wildman–Crippen MR) is 103 cm³/mol. The van der Waals surface area contributed by atoms with Crippen LogP contribution in [0.2, 0.25) is 5.02 Å². The number of amides is 1. The van der Waals surface area contributed by atoms with Gasteiger partial charge in [0, 0.05) is 30.8 Å². The van der Waals surface area contributed by atoms with Gasteiger partial charge in [0.25, 0.3) is 5.91 Å². The van der Waals surface area contributed by atoms with Gasteiger partial charge in [-0.25, -0.2) is 4.39 Å². The number of methoxy groups -OCH3 is 1. The van der Waals surface area contributed by atoms with Crippen molar-refractivity contribution in [1.82, 2.24) is 4.90 Å². The van der Waals surface area contributed by atoms with Gasteiger partial charge in [-0.3, -0.25) is 9.59 Å². The largest absolute Gasteiger partial charge is 0.450 e. The molecule has 0 spiro atoms. The number of hydrogen-bond acceptors (Lipinski definition) is 4. The zero-order chi connectivity index (χ0) is 19.8. The molecule has 0 saturated carbocycles. The molecule has 0 unspecified atom stereocenters. The smallest absolute Gasteiger partial charge is 0.290 e. The highest BCUT2D eigenvalue weighted by Gasteiger charge is 2.43. The van der Waals surface area contributed by atoms with E-state index in [4.69, 9.17) is 20.8 Å². The fourth-order valence-corrected chi connectivity index (χ4v) is 3.79. The van der Waals surface area contributed by atoms with Crippen molar-refractivity contribution in [3.63, 3.8) is 0 Å². The molecule has 1 atom stereocenters. The van der Waals surface area contributed by atoms with E-state index in [1.165, 1.54) is 17.0 Å². The molecule has 0 bridgehead atoms. The van der Waals surface area contributed by atoms with Crippen LogP contribution in [0.25, 0.3) is 11.0 Å². The fraction of sp³-hybridized carbons (Fsp3) is 0.238. The van der Waals surface area contributed by atoms with Crippen LogP contribution in [0.3, 0.4) is 0 Å². The summed E-state index contributed by atoms with van der Waals surface area (Å²) in [6.45, 7) is 0.732. The van der Waals surface area contributed by atoms with E-state index in [9.17, 15) is 14.0 Å². The Labute approximate surface area is 165 Å². The van der Waals surface area contributed by atoms with Crippen LogP contribution >= 0.6 is 11.6 Å². The van der Waals surface area contributed by atoms with Crippen molar-refractivity contribution in [2.75, 3.05) is 20.3 Å². The van der Waals surface area contributed by atoms with Crippen LogP contribution < -0.4 is 5.43 Å². The molecule has 4 rings (SSSR count). The number of hydrogen-bond donors (Lipinski definition) is 0. The van der Waals surface area contributed by atoms with Gasteiger partial charge in [-0.1, -0.05) is 29.8 Å². The maximum Gasteiger partial charge on any atom is 0.290 e. The lowest BCUT2D eigenvalue weighted by atomic mass is 9.98. The highest BCUT2D eigenvalue weighted by molar-refractivity contribution is 6.31. The molecule has 1 amide bonds. The van der Waals surface area contributed by atoms with Gasteiger partial charge in [0.1, 0.15) is 11.4 Å². The van der Waals surface area contributed by atoms with E-state index in [1.807, 2.05) is 0 Å². The molecular formula is C21H17ClFNO4. The van der Waals surface area contributed by atoms with Gasteiger partial charge < -0.3 is 14.1 Å². The lowest BCUT2D eigenvalue weighted by molar-refractivity contribution is 0.0706. The zero-order valence-electron chi connectivity index (χ0n) is 15.1. The Morgan fingerprint density at radius 2 is 2.00 bits per heavy atom. The van der Waals surface area contributed by atoms with Crippen molar-refractivity contribution < 1.29 is 18.3 Å². The van der Waals surface area contributed by atoms with E-state index in [0.717, 1.165) is 0 Å². The number of benzene rings is 2. The summed E-state index contributed by atoms with van der Waals surface area (Å²) in [7, 11) is 1.57. The van der Waals surface area contributed by atoms with E-state index in [-0.39, 0.29) is 33.3 Å².